The van der Waals surface area contributed by atoms with Gasteiger partial charge in [-0.1, -0.05) is 37.3 Å². The van der Waals surface area contributed by atoms with Crippen LogP contribution in [0.4, 0.5) is 0 Å². The number of hydrogen-bond acceptors (Lipinski definition) is 3. The zero-order chi connectivity index (χ0) is 20.7. The summed E-state index contributed by atoms with van der Waals surface area (Å²) in [7, 11) is 6.88. The van der Waals surface area contributed by atoms with Crippen LogP contribution in [0, 0.1) is 5.92 Å². The molecule has 1 saturated heterocycles. The second-order valence-corrected chi connectivity index (χ2v) is 7.80. The van der Waals surface area contributed by atoms with Crippen molar-refractivity contribution in [3.05, 3.63) is 35.9 Å². The van der Waals surface area contributed by atoms with Crippen molar-refractivity contribution < 1.29 is 9.59 Å². The molecular weight excluding hydrogens is 481 g/mol. The highest BCUT2D eigenvalue weighted by atomic mass is 127. The molecule has 162 valence electrons. The number of benzene rings is 1. The Bertz CT molecular complexity index is 694. The number of guanidine groups is 1. The van der Waals surface area contributed by atoms with Gasteiger partial charge in [0.05, 0.1) is 6.54 Å². The van der Waals surface area contributed by atoms with E-state index in [2.05, 4.69) is 46.4 Å². The van der Waals surface area contributed by atoms with E-state index in [1.54, 1.807) is 33.1 Å². The highest BCUT2D eigenvalue weighted by Crippen LogP contribution is 2.32. The molecule has 0 aliphatic carbocycles. The standard InChI is InChI=1S/C21H33N5O2.HI/c1-16-15-26(12-11-18(16)17-9-7-6-8-10-17)21(22-13-19(27)24(2)3)23-14-20(28)25(4)5;/h6-10,16,18H,11-15H2,1-5H3,(H,22,23);1H. The molecule has 1 heterocycles. The Morgan fingerprint density at radius 2 is 1.72 bits per heavy atom. The fourth-order valence-corrected chi connectivity index (χ4v) is 3.40. The van der Waals surface area contributed by atoms with Gasteiger partial charge in [-0.25, -0.2) is 4.99 Å². The minimum Gasteiger partial charge on any atom is -0.347 e. The van der Waals surface area contributed by atoms with Crippen molar-refractivity contribution in [1.29, 1.82) is 0 Å². The number of amides is 2. The largest absolute Gasteiger partial charge is 0.347 e. The maximum Gasteiger partial charge on any atom is 0.243 e. The van der Waals surface area contributed by atoms with Crippen molar-refractivity contribution in [2.24, 2.45) is 10.9 Å². The van der Waals surface area contributed by atoms with E-state index < -0.39 is 0 Å². The summed E-state index contributed by atoms with van der Waals surface area (Å²) in [4.78, 5) is 33.7. The third-order valence-corrected chi connectivity index (χ3v) is 5.19. The SMILES string of the molecule is CC1CN(C(=NCC(=O)N(C)C)NCC(=O)N(C)C)CCC1c1ccccc1.I. The van der Waals surface area contributed by atoms with Gasteiger partial charge in [-0.15, -0.1) is 24.0 Å². The van der Waals surface area contributed by atoms with Crippen molar-refractivity contribution in [1.82, 2.24) is 20.0 Å². The molecule has 1 N–H and O–H groups in total. The number of carbonyl (C=O) groups excluding carboxylic acids is 2. The number of hydrogen-bond donors (Lipinski definition) is 1. The van der Waals surface area contributed by atoms with E-state index >= 15 is 0 Å². The summed E-state index contributed by atoms with van der Waals surface area (Å²) in [6.07, 6.45) is 1.01. The monoisotopic (exact) mass is 515 g/mol. The Balaban J connectivity index is 0.00000420. The first-order chi connectivity index (χ1) is 13.3. The number of likely N-dealkylation sites (N-methyl/N-ethyl adjacent to an activating group) is 2. The molecule has 0 spiro atoms. The maximum atomic E-state index is 12.0. The van der Waals surface area contributed by atoms with Crippen LogP contribution in [-0.2, 0) is 9.59 Å². The molecule has 1 aromatic rings. The molecule has 0 saturated carbocycles. The number of halogens is 1. The lowest BCUT2D eigenvalue weighted by Gasteiger charge is -2.39. The summed E-state index contributed by atoms with van der Waals surface area (Å²) in [5.74, 6) is 1.48. The van der Waals surface area contributed by atoms with Crippen molar-refractivity contribution >= 4 is 41.8 Å². The van der Waals surface area contributed by atoms with Crippen LogP contribution < -0.4 is 5.32 Å². The van der Waals surface area contributed by atoms with E-state index in [1.165, 1.54) is 10.5 Å². The van der Waals surface area contributed by atoms with Crippen LogP contribution in [0.1, 0.15) is 24.8 Å². The molecule has 1 aromatic carbocycles. The smallest absolute Gasteiger partial charge is 0.243 e. The lowest BCUT2D eigenvalue weighted by atomic mass is 9.82. The zero-order valence-corrected chi connectivity index (χ0v) is 20.4. The summed E-state index contributed by atoms with van der Waals surface area (Å²) in [6.45, 7) is 4.14. The van der Waals surface area contributed by atoms with Gasteiger partial charge < -0.3 is 20.0 Å². The average molecular weight is 515 g/mol. The molecule has 8 heteroatoms. The van der Waals surface area contributed by atoms with Crippen LogP contribution in [0.3, 0.4) is 0 Å². The minimum absolute atomic E-state index is 0. The lowest BCUT2D eigenvalue weighted by Crippen LogP contribution is -2.50. The van der Waals surface area contributed by atoms with Crippen LogP contribution in [-0.4, -0.2) is 86.8 Å². The molecular formula is C21H34IN5O2. The minimum atomic E-state index is -0.0644. The van der Waals surface area contributed by atoms with Crippen LogP contribution >= 0.6 is 24.0 Å². The number of nitrogens with one attached hydrogen (secondary N) is 1. The molecule has 2 unspecified atom stereocenters. The Morgan fingerprint density at radius 3 is 2.28 bits per heavy atom. The van der Waals surface area contributed by atoms with E-state index in [-0.39, 0.29) is 48.9 Å². The number of aliphatic imine (C=N–C) groups is 1. The number of rotatable bonds is 5. The van der Waals surface area contributed by atoms with Gasteiger partial charge in [0.1, 0.15) is 6.54 Å². The first-order valence-corrected chi connectivity index (χ1v) is 9.78. The fourth-order valence-electron chi connectivity index (χ4n) is 3.40. The first-order valence-electron chi connectivity index (χ1n) is 9.78. The highest BCUT2D eigenvalue weighted by molar-refractivity contribution is 14.0. The number of likely N-dealkylation sites (tertiary alicyclic amines) is 1. The van der Waals surface area contributed by atoms with Gasteiger partial charge in [-0.2, -0.15) is 0 Å². The average Bonchev–Trinajstić information content (AvgIpc) is 2.67. The summed E-state index contributed by atoms with van der Waals surface area (Å²) in [6, 6.07) is 10.6. The van der Waals surface area contributed by atoms with Gasteiger partial charge in [-0.05, 0) is 23.8 Å². The maximum absolute atomic E-state index is 12.0. The first kappa shape index (κ1) is 25.2. The van der Waals surface area contributed by atoms with Gasteiger partial charge in [0, 0.05) is 41.3 Å². The lowest BCUT2D eigenvalue weighted by molar-refractivity contribution is -0.127. The highest BCUT2D eigenvalue weighted by Gasteiger charge is 2.29. The third kappa shape index (κ3) is 7.49. The number of nitrogens with zero attached hydrogens (tertiary/aromatic N) is 4. The quantitative estimate of drug-likeness (QED) is 0.370. The Labute approximate surface area is 191 Å². The predicted octanol–water partition coefficient (Wildman–Crippen LogP) is 1.85. The van der Waals surface area contributed by atoms with E-state index in [0.717, 1.165) is 19.5 Å². The summed E-state index contributed by atoms with van der Waals surface area (Å²) < 4.78 is 0. The fraction of sp³-hybridized carbons (Fsp3) is 0.571. The van der Waals surface area contributed by atoms with Gasteiger partial charge in [0.2, 0.25) is 11.8 Å². The van der Waals surface area contributed by atoms with Crippen LogP contribution in [0.25, 0.3) is 0 Å². The zero-order valence-electron chi connectivity index (χ0n) is 18.1. The predicted molar refractivity (Wildman–Crippen MR) is 128 cm³/mol. The molecule has 2 rings (SSSR count). The van der Waals surface area contributed by atoms with Gasteiger partial charge in [0.25, 0.3) is 0 Å². The second kappa shape index (κ2) is 12.0. The van der Waals surface area contributed by atoms with Crippen molar-refractivity contribution in [2.75, 3.05) is 54.4 Å². The van der Waals surface area contributed by atoms with Gasteiger partial charge >= 0.3 is 0 Å². The Kier molecular flexibility index (Phi) is 10.4. The molecule has 1 aliphatic heterocycles. The van der Waals surface area contributed by atoms with E-state index in [1.807, 2.05) is 6.07 Å². The Hall–Kier alpha value is -1.84. The summed E-state index contributed by atoms with van der Waals surface area (Å²) in [5, 5.41) is 3.15. The third-order valence-electron chi connectivity index (χ3n) is 5.19. The molecule has 0 bridgehead atoms. The van der Waals surface area contributed by atoms with E-state index in [4.69, 9.17) is 0 Å². The van der Waals surface area contributed by atoms with Crippen molar-refractivity contribution in [3.63, 3.8) is 0 Å². The molecule has 0 aromatic heterocycles. The summed E-state index contributed by atoms with van der Waals surface area (Å²) >= 11 is 0. The van der Waals surface area contributed by atoms with Crippen LogP contribution in [0.2, 0.25) is 0 Å². The number of piperidine rings is 1. The molecule has 7 nitrogen and oxygen atoms in total. The molecule has 0 radical (unpaired) electrons. The second-order valence-electron chi connectivity index (χ2n) is 7.80. The molecule has 2 atom stereocenters. The molecule has 29 heavy (non-hydrogen) atoms. The van der Waals surface area contributed by atoms with E-state index in [9.17, 15) is 9.59 Å². The normalized spacial score (nSPS) is 19.2. The molecule has 2 amide bonds. The number of carbonyl (C=O) groups is 2. The molecule has 1 aliphatic rings. The van der Waals surface area contributed by atoms with Crippen molar-refractivity contribution in [2.45, 2.75) is 19.3 Å². The van der Waals surface area contributed by atoms with Gasteiger partial charge in [0.15, 0.2) is 5.96 Å². The van der Waals surface area contributed by atoms with Crippen molar-refractivity contribution in [3.8, 4) is 0 Å². The van der Waals surface area contributed by atoms with Crippen LogP contribution in [0.15, 0.2) is 35.3 Å². The summed E-state index contributed by atoms with van der Waals surface area (Å²) in [5.41, 5.74) is 1.37. The van der Waals surface area contributed by atoms with Gasteiger partial charge in [-0.3, -0.25) is 9.59 Å². The topological polar surface area (TPSA) is 68.2 Å². The Morgan fingerprint density at radius 1 is 1.10 bits per heavy atom. The van der Waals surface area contributed by atoms with Crippen LogP contribution in [0.5, 0.6) is 0 Å². The van der Waals surface area contributed by atoms with E-state index in [0.29, 0.717) is 17.8 Å². The molecule has 1 fully saturated rings.